The van der Waals surface area contributed by atoms with Gasteiger partial charge in [-0.05, 0) is 18.6 Å². The number of carboxylic acid groups (broad SMARTS) is 1. The van der Waals surface area contributed by atoms with Crippen molar-refractivity contribution < 1.29 is 28.8 Å². The average molecular weight is 469 g/mol. The van der Waals surface area contributed by atoms with Gasteiger partial charge < -0.3 is 29.0 Å². The summed E-state index contributed by atoms with van der Waals surface area (Å²) in [4.78, 5) is 20.4. The molecule has 1 N–H and O–H groups in total. The minimum Gasteiger partial charge on any atom is -0.481 e. The molecule has 0 saturated heterocycles. The van der Waals surface area contributed by atoms with Crippen molar-refractivity contribution in [3.05, 3.63) is 23.9 Å². The van der Waals surface area contributed by atoms with Crippen LogP contribution in [-0.2, 0) is 30.3 Å². The monoisotopic (exact) mass is 468 g/mol. The van der Waals surface area contributed by atoms with Crippen LogP contribution in [0.25, 0.3) is 0 Å². The lowest BCUT2D eigenvalue weighted by atomic mass is 10.3. The van der Waals surface area contributed by atoms with Gasteiger partial charge in [-0.3, -0.25) is 4.79 Å². The highest BCUT2D eigenvalue weighted by Gasteiger charge is 2.04. The van der Waals surface area contributed by atoms with Crippen LogP contribution in [0.5, 0.6) is 0 Å². The van der Waals surface area contributed by atoms with Crippen molar-refractivity contribution in [2.45, 2.75) is 24.9 Å². The van der Waals surface area contributed by atoms with E-state index in [2.05, 4.69) is 9.98 Å². The molecule has 11 heteroatoms. The first-order chi connectivity index (χ1) is 15.5. The zero-order chi connectivity index (χ0) is 23.4. The van der Waals surface area contributed by atoms with Gasteiger partial charge in [0.05, 0.1) is 64.3 Å². The Bertz CT molecular complexity index is 711. The molecule has 1 heterocycles. The molecule has 10 nitrogen and oxygen atoms in total. The average Bonchev–Trinajstić information content (AvgIpc) is 2.77. The molecule has 0 unspecified atom stereocenters. The number of hydrogen-bond donors (Lipinski definition) is 1. The van der Waals surface area contributed by atoms with Crippen LogP contribution in [0.1, 0.15) is 18.9 Å². The summed E-state index contributed by atoms with van der Waals surface area (Å²) in [6.45, 7) is 5.98. The first kappa shape index (κ1) is 27.8. The zero-order valence-corrected chi connectivity index (χ0v) is 19.5. The highest BCUT2D eigenvalue weighted by atomic mass is 32.2. The standard InChI is InChI=1S/C21H32N4O6S/c1-18(24-17-22)25(2)16-19-3-4-20(23-15-19)32-14-13-31-12-11-30-10-9-29-8-7-28-6-5-21(26)27/h3-4,15H,5-14,16H2,1-2H3,(H,26,27). The Morgan fingerprint density at radius 2 is 1.69 bits per heavy atom. The van der Waals surface area contributed by atoms with Crippen LogP contribution in [-0.4, -0.2) is 92.5 Å². The van der Waals surface area contributed by atoms with Crippen molar-refractivity contribution in [2.75, 3.05) is 65.7 Å². The Hall–Kier alpha value is -2.23. The number of amidine groups is 1. The van der Waals surface area contributed by atoms with E-state index >= 15 is 0 Å². The smallest absolute Gasteiger partial charge is 0.305 e. The maximum Gasteiger partial charge on any atom is 0.305 e. The number of hydrogen-bond acceptors (Lipinski definition) is 9. The fourth-order valence-corrected chi connectivity index (χ4v) is 2.96. The number of rotatable bonds is 18. The third kappa shape index (κ3) is 14.7. The molecule has 0 amide bonds. The number of aliphatic imine (C=N–C) groups is 1. The van der Waals surface area contributed by atoms with E-state index in [1.165, 1.54) is 0 Å². The molecule has 1 rings (SSSR count). The van der Waals surface area contributed by atoms with Gasteiger partial charge in [0.1, 0.15) is 5.84 Å². The summed E-state index contributed by atoms with van der Waals surface area (Å²) in [6.07, 6.45) is 3.62. The lowest BCUT2D eigenvalue weighted by Gasteiger charge is -2.17. The number of carboxylic acids is 1. The molecule has 0 aliphatic carbocycles. The molecule has 1 aromatic rings. The van der Waals surface area contributed by atoms with E-state index in [9.17, 15) is 4.79 Å². The fourth-order valence-electron chi connectivity index (χ4n) is 2.26. The van der Waals surface area contributed by atoms with Crippen LogP contribution in [0.15, 0.2) is 28.3 Å². The van der Waals surface area contributed by atoms with E-state index in [1.54, 1.807) is 24.9 Å². The van der Waals surface area contributed by atoms with Gasteiger partial charge in [0.2, 0.25) is 6.19 Å². The molecule has 0 spiro atoms. The second-order valence-electron chi connectivity index (χ2n) is 6.56. The molecule has 0 bridgehead atoms. The van der Waals surface area contributed by atoms with Gasteiger partial charge in [-0.15, -0.1) is 11.8 Å². The third-order valence-corrected chi connectivity index (χ3v) is 4.94. The number of pyridine rings is 1. The topological polar surface area (TPSA) is 127 Å². The molecule has 0 aliphatic heterocycles. The van der Waals surface area contributed by atoms with Gasteiger partial charge in [0.15, 0.2) is 0 Å². The molecule has 0 radical (unpaired) electrons. The van der Waals surface area contributed by atoms with Gasteiger partial charge in [0, 0.05) is 25.5 Å². The SMILES string of the molecule is CC(=NC#N)N(C)Cc1ccc(SCCOCCOCCOCCOCCC(=O)O)nc1. The predicted octanol–water partition coefficient (Wildman–Crippen LogP) is 2.05. The summed E-state index contributed by atoms with van der Waals surface area (Å²) in [5, 5.41) is 18.0. The molecule has 178 valence electrons. The van der Waals surface area contributed by atoms with E-state index < -0.39 is 5.97 Å². The Morgan fingerprint density at radius 3 is 2.22 bits per heavy atom. The molecule has 0 fully saturated rings. The summed E-state index contributed by atoms with van der Waals surface area (Å²) in [6, 6.07) is 4.00. The van der Waals surface area contributed by atoms with E-state index in [1.807, 2.05) is 30.3 Å². The van der Waals surface area contributed by atoms with Crippen LogP contribution >= 0.6 is 11.8 Å². The molecule has 0 saturated carbocycles. The summed E-state index contributed by atoms with van der Waals surface area (Å²) in [7, 11) is 1.88. The summed E-state index contributed by atoms with van der Waals surface area (Å²) < 4.78 is 21.4. The summed E-state index contributed by atoms with van der Waals surface area (Å²) in [5.41, 5.74) is 1.05. The Balaban J connectivity index is 1.95. The van der Waals surface area contributed by atoms with Crippen molar-refractivity contribution in [1.82, 2.24) is 9.88 Å². The van der Waals surface area contributed by atoms with Crippen molar-refractivity contribution in [1.29, 1.82) is 5.26 Å². The van der Waals surface area contributed by atoms with Crippen molar-refractivity contribution in [3.63, 3.8) is 0 Å². The van der Waals surface area contributed by atoms with Gasteiger partial charge in [0.25, 0.3) is 0 Å². The van der Waals surface area contributed by atoms with Gasteiger partial charge in [-0.25, -0.2) is 4.98 Å². The molecule has 32 heavy (non-hydrogen) atoms. The molecule has 1 aromatic heterocycles. The normalized spacial score (nSPS) is 11.3. The Labute approximate surface area is 193 Å². The van der Waals surface area contributed by atoms with E-state index in [0.717, 1.165) is 16.3 Å². The number of nitrogens with zero attached hydrogens (tertiary/aromatic N) is 4. The number of ether oxygens (including phenoxy) is 4. The number of aliphatic carboxylic acids is 1. The van der Waals surface area contributed by atoms with Crippen molar-refractivity contribution in [3.8, 4) is 6.19 Å². The van der Waals surface area contributed by atoms with Crippen LogP contribution in [0.2, 0.25) is 0 Å². The molecular formula is C21H32N4O6S. The highest BCUT2D eigenvalue weighted by Crippen LogP contribution is 2.15. The lowest BCUT2D eigenvalue weighted by molar-refractivity contribution is -0.138. The maximum atomic E-state index is 10.3. The molecule has 0 atom stereocenters. The lowest BCUT2D eigenvalue weighted by Crippen LogP contribution is -2.23. The first-order valence-electron chi connectivity index (χ1n) is 10.3. The predicted molar refractivity (Wildman–Crippen MR) is 121 cm³/mol. The number of carbonyl (C=O) groups is 1. The van der Waals surface area contributed by atoms with Crippen LogP contribution in [0.4, 0.5) is 0 Å². The second kappa shape index (κ2) is 18.4. The minimum absolute atomic E-state index is 0.00304. The van der Waals surface area contributed by atoms with E-state index in [-0.39, 0.29) is 13.0 Å². The highest BCUT2D eigenvalue weighted by molar-refractivity contribution is 7.99. The first-order valence-corrected chi connectivity index (χ1v) is 11.3. The molecule has 0 aromatic carbocycles. The molecular weight excluding hydrogens is 436 g/mol. The minimum atomic E-state index is -0.870. The van der Waals surface area contributed by atoms with Gasteiger partial charge in [-0.2, -0.15) is 10.3 Å². The fraction of sp³-hybridized carbons (Fsp3) is 0.619. The van der Waals surface area contributed by atoms with E-state index in [4.69, 9.17) is 29.3 Å². The van der Waals surface area contributed by atoms with Crippen molar-refractivity contribution >= 4 is 23.6 Å². The zero-order valence-electron chi connectivity index (χ0n) is 18.7. The third-order valence-electron chi connectivity index (χ3n) is 4.04. The molecule has 0 aliphatic rings. The van der Waals surface area contributed by atoms with Gasteiger partial charge >= 0.3 is 5.97 Å². The quantitative estimate of drug-likeness (QED) is 0.112. The Morgan fingerprint density at radius 1 is 1.09 bits per heavy atom. The largest absolute Gasteiger partial charge is 0.481 e. The van der Waals surface area contributed by atoms with Crippen LogP contribution in [0.3, 0.4) is 0 Å². The second-order valence-corrected chi connectivity index (χ2v) is 7.68. The number of thioether (sulfide) groups is 1. The number of aromatic nitrogens is 1. The maximum absolute atomic E-state index is 10.3. The van der Waals surface area contributed by atoms with E-state index in [0.29, 0.717) is 58.6 Å². The van der Waals surface area contributed by atoms with Crippen molar-refractivity contribution in [2.24, 2.45) is 4.99 Å². The van der Waals surface area contributed by atoms with Gasteiger partial charge in [-0.1, -0.05) is 6.07 Å². The van der Waals surface area contributed by atoms with Crippen LogP contribution in [0, 0.1) is 11.5 Å². The summed E-state index contributed by atoms with van der Waals surface area (Å²) in [5.74, 6) is 0.593. The number of nitriles is 1. The van der Waals surface area contributed by atoms with Crippen LogP contribution < -0.4 is 0 Å². The summed E-state index contributed by atoms with van der Waals surface area (Å²) >= 11 is 1.63. The Kier molecular flexibility index (Phi) is 15.9.